The van der Waals surface area contributed by atoms with Crippen molar-refractivity contribution in [3.63, 3.8) is 0 Å². The number of carbonyl (C=O) groups excluding carboxylic acids is 2. The molecule has 2 aromatic rings. The van der Waals surface area contributed by atoms with Crippen molar-refractivity contribution in [3.05, 3.63) is 29.2 Å². The second kappa shape index (κ2) is 11.5. The molecule has 1 aromatic carbocycles. The van der Waals surface area contributed by atoms with E-state index in [2.05, 4.69) is 27.6 Å². The number of rotatable bonds is 4. The van der Waals surface area contributed by atoms with Crippen molar-refractivity contribution < 1.29 is 14.0 Å². The Morgan fingerprint density at radius 1 is 1.11 bits per heavy atom. The first-order valence-corrected chi connectivity index (χ1v) is 12.3. The van der Waals surface area contributed by atoms with Crippen LogP contribution in [0.3, 0.4) is 0 Å². The number of amides is 2. The molecule has 0 radical (unpaired) electrons. The monoisotopic (exact) mass is 527 g/mol. The van der Waals surface area contributed by atoms with E-state index in [-0.39, 0.29) is 54.8 Å². The zero-order chi connectivity index (χ0) is 23.1. The molecule has 10 heteroatoms. The van der Waals surface area contributed by atoms with Gasteiger partial charge in [-0.1, -0.05) is 19.1 Å². The molecule has 0 bridgehead atoms. The Kier molecular flexibility index (Phi) is 9.18. The first-order chi connectivity index (χ1) is 15.9. The maximum absolute atomic E-state index is 15.7. The Hall–Kier alpha value is -1.74. The van der Waals surface area contributed by atoms with Crippen LogP contribution >= 0.6 is 24.8 Å². The third-order valence-electron chi connectivity index (χ3n) is 8.06. The van der Waals surface area contributed by atoms with Gasteiger partial charge in [0.2, 0.25) is 11.8 Å². The molecule has 0 spiro atoms. The highest BCUT2D eigenvalue weighted by atomic mass is 35.5. The number of fused-ring (bicyclic) bond motifs is 1. The Balaban J connectivity index is 0.00000171. The summed E-state index contributed by atoms with van der Waals surface area (Å²) in [4.78, 5) is 26.4. The normalized spacial score (nSPS) is 26.2. The van der Waals surface area contributed by atoms with Crippen LogP contribution in [0.15, 0.2) is 12.1 Å². The minimum atomic E-state index is -0.516. The van der Waals surface area contributed by atoms with E-state index in [1.807, 2.05) is 12.1 Å². The van der Waals surface area contributed by atoms with Crippen molar-refractivity contribution in [2.75, 3.05) is 32.7 Å². The van der Waals surface area contributed by atoms with Gasteiger partial charge in [0.25, 0.3) is 0 Å². The Bertz CT molecular complexity index is 1070. The number of hydrogen-bond donors (Lipinski definition) is 2. The van der Waals surface area contributed by atoms with Crippen molar-refractivity contribution in [2.24, 2.45) is 18.9 Å². The van der Waals surface area contributed by atoms with E-state index in [1.165, 1.54) is 6.42 Å². The number of nitrogens with zero attached hydrogens (tertiary/aromatic N) is 3. The minimum absolute atomic E-state index is 0. The summed E-state index contributed by atoms with van der Waals surface area (Å²) in [6, 6.07) is 3.81. The fourth-order valence-electron chi connectivity index (χ4n) is 5.99. The summed E-state index contributed by atoms with van der Waals surface area (Å²) in [5.74, 6) is 0.321. The number of aromatic nitrogens is 2. The second-order valence-corrected chi connectivity index (χ2v) is 10.2. The van der Waals surface area contributed by atoms with Crippen molar-refractivity contribution in [2.45, 2.75) is 50.9 Å². The highest BCUT2D eigenvalue weighted by molar-refractivity contribution is 6.02. The predicted octanol–water partition coefficient (Wildman–Crippen LogP) is 3.50. The van der Waals surface area contributed by atoms with Crippen molar-refractivity contribution in [3.8, 4) is 0 Å². The highest BCUT2D eigenvalue weighted by Crippen LogP contribution is 2.37. The van der Waals surface area contributed by atoms with Crippen LogP contribution in [0.5, 0.6) is 0 Å². The molecule has 194 valence electrons. The molecule has 1 unspecified atom stereocenters. The predicted molar refractivity (Wildman–Crippen MR) is 139 cm³/mol. The Labute approximate surface area is 218 Å². The van der Waals surface area contributed by atoms with Crippen LogP contribution in [0, 0.1) is 17.7 Å². The third-order valence-corrected chi connectivity index (χ3v) is 8.06. The van der Waals surface area contributed by atoms with Gasteiger partial charge in [-0.15, -0.1) is 24.8 Å². The number of benzene rings is 1. The zero-order valence-corrected chi connectivity index (χ0v) is 22.0. The lowest BCUT2D eigenvalue weighted by molar-refractivity contribution is -0.134. The number of piperidine rings is 3. The number of aryl methyl sites for hydroxylation is 1. The quantitative estimate of drug-likeness (QED) is 0.594. The lowest BCUT2D eigenvalue weighted by atomic mass is 9.85. The third kappa shape index (κ3) is 5.50. The summed E-state index contributed by atoms with van der Waals surface area (Å²) in [5.41, 5.74) is 1.78. The minimum Gasteiger partial charge on any atom is -0.316 e. The largest absolute Gasteiger partial charge is 0.316 e. The SMILES string of the molecule is C[C@@H]1CNCC[C@@H]1CN1CCC(c2ccc3c(C4CCC(=O)NC4=O)nn(C)c3c2F)CC1.Cl.Cl. The number of carbonyl (C=O) groups is 2. The first kappa shape index (κ1) is 27.8. The maximum Gasteiger partial charge on any atom is 0.235 e. The molecule has 0 saturated carbocycles. The van der Waals surface area contributed by atoms with Crippen molar-refractivity contribution >= 4 is 47.5 Å². The van der Waals surface area contributed by atoms with Gasteiger partial charge in [0.15, 0.2) is 5.82 Å². The summed E-state index contributed by atoms with van der Waals surface area (Å²) >= 11 is 0. The molecule has 2 amide bonds. The number of halogens is 3. The summed E-state index contributed by atoms with van der Waals surface area (Å²) in [7, 11) is 1.73. The summed E-state index contributed by atoms with van der Waals surface area (Å²) in [6.45, 7) is 7.72. The van der Waals surface area contributed by atoms with E-state index in [0.717, 1.165) is 57.0 Å². The molecule has 3 aliphatic rings. The van der Waals surface area contributed by atoms with Gasteiger partial charge in [-0.25, -0.2) is 4.39 Å². The lowest BCUT2D eigenvalue weighted by Crippen LogP contribution is -2.43. The van der Waals surface area contributed by atoms with Gasteiger partial charge in [0.05, 0.1) is 11.6 Å². The molecule has 35 heavy (non-hydrogen) atoms. The van der Waals surface area contributed by atoms with Crippen LogP contribution in [0.25, 0.3) is 10.9 Å². The molecular weight excluding hydrogens is 492 g/mol. The number of nitrogens with one attached hydrogen (secondary N) is 2. The molecule has 2 N–H and O–H groups in total. The van der Waals surface area contributed by atoms with Gasteiger partial charge in [-0.2, -0.15) is 5.10 Å². The van der Waals surface area contributed by atoms with Gasteiger partial charge in [-0.3, -0.25) is 19.6 Å². The maximum atomic E-state index is 15.7. The van der Waals surface area contributed by atoms with E-state index >= 15 is 4.39 Å². The van der Waals surface area contributed by atoms with Gasteiger partial charge < -0.3 is 10.2 Å². The molecule has 3 fully saturated rings. The molecule has 0 aliphatic carbocycles. The summed E-state index contributed by atoms with van der Waals surface area (Å²) in [5, 5.41) is 11.0. The zero-order valence-electron chi connectivity index (χ0n) is 20.4. The number of imide groups is 1. The van der Waals surface area contributed by atoms with Gasteiger partial charge in [0.1, 0.15) is 5.52 Å². The van der Waals surface area contributed by atoms with Crippen LogP contribution in [0.2, 0.25) is 0 Å². The fraction of sp³-hybridized carbons (Fsp3) is 0.640. The van der Waals surface area contributed by atoms with Crippen LogP contribution < -0.4 is 10.6 Å². The molecular formula is C25H36Cl2FN5O2. The fourth-order valence-corrected chi connectivity index (χ4v) is 5.99. The topological polar surface area (TPSA) is 79.3 Å². The Morgan fingerprint density at radius 2 is 1.86 bits per heavy atom. The smallest absolute Gasteiger partial charge is 0.235 e. The molecule has 1 aromatic heterocycles. The molecule has 7 nitrogen and oxygen atoms in total. The summed E-state index contributed by atoms with van der Waals surface area (Å²) in [6.07, 6.45) is 3.85. The molecule has 3 aliphatic heterocycles. The first-order valence-electron chi connectivity index (χ1n) is 12.3. The van der Waals surface area contributed by atoms with E-state index in [9.17, 15) is 9.59 Å². The Morgan fingerprint density at radius 3 is 2.54 bits per heavy atom. The lowest BCUT2D eigenvalue weighted by Gasteiger charge is -2.38. The number of likely N-dealkylation sites (tertiary alicyclic amines) is 1. The van der Waals surface area contributed by atoms with E-state index in [4.69, 9.17) is 0 Å². The average molecular weight is 529 g/mol. The highest BCUT2D eigenvalue weighted by Gasteiger charge is 2.33. The summed E-state index contributed by atoms with van der Waals surface area (Å²) < 4.78 is 17.3. The van der Waals surface area contributed by atoms with Gasteiger partial charge >= 0.3 is 0 Å². The van der Waals surface area contributed by atoms with Crippen molar-refractivity contribution in [1.82, 2.24) is 25.3 Å². The number of hydrogen-bond acceptors (Lipinski definition) is 5. The van der Waals surface area contributed by atoms with Crippen LogP contribution in [-0.4, -0.2) is 59.2 Å². The van der Waals surface area contributed by atoms with Crippen molar-refractivity contribution in [1.29, 1.82) is 0 Å². The second-order valence-electron chi connectivity index (χ2n) is 10.2. The molecule has 5 rings (SSSR count). The standard InChI is InChI=1S/C25H34FN5O2.2ClH/c1-15-13-27-10-7-17(15)14-31-11-8-16(9-12-31)18-3-4-19-23(29-30(2)24(19)22(18)26)20-5-6-21(32)28-25(20)33;;/h3-4,15-17,20,27H,5-14H2,1-2H3,(H,28,32,33);2*1H/t15-,17-,20?;;/m1../s1. The van der Waals surface area contributed by atoms with Gasteiger partial charge in [0, 0.05) is 25.4 Å². The van der Waals surface area contributed by atoms with Gasteiger partial charge in [-0.05, 0) is 75.2 Å². The van der Waals surface area contributed by atoms with Crippen LogP contribution in [0.4, 0.5) is 4.39 Å². The van der Waals surface area contributed by atoms with Crippen LogP contribution in [-0.2, 0) is 16.6 Å². The van der Waals surface area contributed by atoms with E-state index in [0.29, 0.717) is 28.9 Å². The molecule has 4 heterocycles. The molecule has 3 saturated heterocycles. The average Bonchev–Trinajstić information content (AvgIpc) is 3.13. The van der Waals surface area contributed by atoms with Crippen LogP contribution in [0.1, 0.15) is 62.1 Å². The molecule has 3 atom stereocenters. The van der Waals surface area contributed by atoms with E-state index < -0.39 is 5.92 Å². The van der Waals surface area contributed by atoms with E-state index in [1.54, 1.807) is 11.7 Å².